The molecule has 0 aromatic heterocycles. The topological polar surface area (TPSA) is 9.23 Å². The lowest BCUT2D eigenvalue weighted by molar-refractivity contribution is 0.0954. The molecule has 1 nitrogen and oxygen atoms in total. The van der Waals surface area contributed by atoms with Crippen LogP contribution in [0.4, 0.5) is 0 Å². The number of allylic oxidation sites excluding steroid dienone is 8. The van der Waals surface area contributed by atoms with Gasteiger partial charge in [0.2, 0.25) is 0 Å². The summed E-state index contributed by atoms with van der Waals surface area (Å²) < 4.78 is 6.17. The Labute approximate surface area is 131 Å². The lowest BCUT2D eigenvalue weighted by Crippen LogP contribution is -2.16. The highest BCUT2D eigenvalue weighted by Crippen LogP contribution is 2.10. The summed E-state index contributed by atoms with van der Waals surface area (Å²) in [6.45, 7) is 12.4. The Hall–Kier alpha value is -1.60. The molecule has 0 N–H and O–H groups in total. The van der Waals surface area contributed by atoms with E-state index in [1.165, 1.54) is 11.1 Å². The van der Waals surface area contributed by atoms with Crippen LogP contribution in [0.25, 0.3) is 0 Å². The van der Waals surface area contributed by atoms with Crippen molar-refractivity contribution in [1.29, 1.82) is 0 Å². The summed E-state index contributed by atoms with van der Waals surface area (Å²) in [5.74, 6) is 0. The van der Waals surface area contributed by atoms with Gasteiger partial charge in [0, 0.05) is 0 Å². The van der Waals surface area contributed by atoms with Gasteiger partial charge >= 0.3 is 0 Å². The summed E-state index contributed by atoms with van der Waals surface area (Å²) >= 11 is 0. The first-order chi connectivity index (χ1) is 9.99. The molecule has 2 atom stereocenters. The molecule has 0 aliphatic carbocycles. The van der Waals surface area contributed by atoms with Gasteiger partial charge in [-0.25, -0.2) is 0 Å². The maximum atomic E-state index is 6.17. The molecule has 0 aliphatic heterocycles. The summed E-state index contributed by atoms with van der Waals surface area (Å²) in [5, 5.41) is 0. The molecule has 1 heteroatoms. The molecular formula is C20H30O. The SMILES string of the molecule is CC=CC=CC(C=C(C)C)OC(C=CC=CC)C=C(C)C. The summed E-state index contributed by atoms with van der Waals surface area (Å²) in [6.07, 6.45) is 20.5. The van der Waals surface area contributed by atoms with Crippen LogP contribution in [0.15, 0.2) is 71.9 Å². The number of rotatable bonds is 8. The Morgan fingerprint density at radius 1 is 0.667 bits per heavy atom. The van der Waals surface area contributed by atoms with Gasteiger partial charge < -0.3 is 4.74 Å². The van der Waals surface area contributed by atoms with Crippen LogP contribution in [0.5, 0.6) is 0 Å². The highest BCUT2D eigenvalue weighted by Gasteiger charge is 2.07. The van der Waals surface area contributed by atoms with Crippen LogP contribution in [0.2, 0.25) is 0 Å². The van der Waals surface area contributed by atoms with Crippen molar-refractivity contribution in [2.75, 3.05) is 0 Å². The highest BCUT2D eigenvalue weighted by molar-refractivity contribution is 5.16. The molecule has 0 radical (unpaired) electrons. The Balaban J connectivity index is 5.09. The van der Waals surface area contributed by atoms with E-state index in [0.29, 0.717) is 0 Å². The van der Waals surface area contributed by atoms with Crippen LogP contribution >= 0.6 is 0 Å². The Morgan fingerprint density at radius 3 is 1.33 bits per heavy atom. The van der Waals surface area contributed by atoms with Crippen molar-refractivity contribution in [3.05, 3.63) is 71.9 Å². The van der Waals surface area contributed by atoms with Crippen molar-refractivity contribution in [2.24, 2.45) is 0 Å². The molecule has 0 bridgehead atoms. The van der Waals surface area contributed by atoms with Gasteiger partial charge in [-0.3, -0.25) is 0 Å². The monoisotopic (exact) mass is 286 g/mol. The van der Waals surface area contributed by atoms with Gasteiger partial charge in [0.1, 0.15) is 0 Å². The molecule has 0 saturated carbocycles. The van der Waals surface area contributed by atoms with Crippen LogP contribution < -0.4 is 0 Å². The van der Waals surface area contributed by atoms with Crippen LogP contribution in [0.3, 0.4) is 0 Å². The van der Waals surface area contributed by atoms with E-state index in [-0.39, 0.29) is 12.2 Å². The third-order valence-electron chi connectivity index (χ3n) is 2.52. The fourth-order valence-corrected chi connectivity index (χ4v) is 1.69. The average molecular weight is 286 g/mol. The average Bonchev–Trinajstić information content (AvgIpc) is 2.37. The second kappa shape index (κ2) is 12.2. The van der Waals surface area contributed by atoms with Crippen molar-refractivity contribution in [1.82, 2.24) is 0 Å². The first kappa shape index (κ1) is 19.4. The second-order valence-electron chi connectivity index (χ2n) is 5.37. The summed E-state index contributed by atoms with van der Waals surface area (Å²) in [4.78, 5) is 0. The lowest BCUT2D eigenvalue weighted by atomic mass is 10.2. The molecule has 0 amide bonds. The first-order valence-electron chi connectivity index (χ1n) is 7.54. The molecule has 0 spiro atoms. The quantitative estimate of drug-likeness (QED) is 0.396. The van der Waals surface area contributed by atoms with Gasteiger partial charge in [-0.2, -0.15) is 0 Å². The van der Waals surface area contributed by atoms with Gasteiger partial charge in [-0.05, 0) is 41.5 Å². The molecule has 0 saturated heterocycles. The van der Waals surface area contributed by atoms with E-state index in [1.807, 2.05) is 50.3 Å². The molecule has 0 aromatic carbocycles. The van der Waals surface area contributed by atoms with E-state index >= 15 is 0 Å². The first-order valence-corrected chi connectivity index (χ1v) is 7.54. The fourth-order valence-electron chi connectivity index (χ4n) is 1.69. The predicted octanol–water partition coefficient (Wildman–Crippen LogP) is 5.94. The minimum Gasteiger partial charge on any atom is -0.359 e. The normalized spacial score (nSPS) is 15.1. The standard InChI is InChI=1S/C20H30O/c1-7-9-11-13-19(15-17(3)4)21-20(16-18(5)6)14-12-10-8-2/h7-16,19-20H,1-6H3. The van der Waals surface area contributed by atoms with E-state index in [1.54, 1.807) is 0 Å². The third kappa shape index (κ3) is 11.9. The molecule has 0 rings (SSSR count). The van der Waals surface area contributed by atoms with Crippen LogP contribution in [-0.2, 0) is 4.74 Å². The largest absolute Gasteiger partial charge is 0.359 e. The smallest absolute Gasteiger partial charge is 0.0955 e. The van der Waals surface area contributed by atoms with Gasteiger partial charge in [0.15, 0.2) is 0 Å². The van der Waals surface area contributed by atoms with Gasteiger partial charge in [0.05, 0.1) is 12.2 Å². The molecule has 0 aliphatic rings. The third-order valence-corrected chi connectivity index (χ3v) is 2.52. The Morgan fingerprint density at radius 2 is 1.05 bits per heavy atom. The minimum absolute atomic E-state index is 0.0259. The van der Waals surface area contributed by atoms with Crippen LogP contribution in [0, 0.1) is 0 Å². The van der Waals surface area contributed by atoms with Crippen molar-refractivity contribution in [2.45, 2.75) is 53.8 Å². The van der Waals surface area contributed by atoms with Crippen molar-refractivity contribution < 1.29 is 4.74 Å². The zero-order valence-electron chi connectivity index (χ0n) is 14.3. The number of hydrogen-bond acceptors (Lipinski definition) is 1. The summed E-state index contributed by atoms with van der Waals surface area (Å²) in [6, 6.07) is 0. The summed E-state index contributed by atoms with van der Waals surface area (Å²) in [5.41, 5.74) is 2.50. The number of ether oxygens (including phenoxy) is 1. The van der Waals surface area contributed by atoms with E-state index in [4.69, 9.17) is 4.74 Å². The van der Waals surface area contributed by atoms with Crippen molar-refractivity contribution in [3.8, 4) is 0 Å². The minimum atomic E-state index is -0.0259. The maximum absolute atomic E-state index is 6.17. The zero-order chi connectivity index (χ0) is 16.1. The highest BCUT2D eigenvalue weighted by atomic mass is 16.5. The van der Waals surface area contributed by atoms with E-state index in [0.717, 1.165) is 0 Å². The molecule has 116 valence electrons. The fraction of sp³-hybridized carbons (Fsp3) is 0.400. The van der Waals surface area contributed by atoms with Crippen LogP contribution in [0.1, 0.15) is 41.5 Å². The second-order valence-corrected chi connectivity index (χ2v) is 5.37. The van der Waals surface area contributed by atoms with Crippen LogP contribution in [-0.4, -0.2) is 12.2 Å². The van der Waals surface area contributed by atoms with Crippen molar-refractivity contribution in [3.63, 3.8) is 0 Å². The van der Waals surface area contributed by atoms with Gasteiger partial charge in [-0.1, -0.05) is 71.9 Å². The predicted molar refractivity (Wildman–Crippen MR) is 95.4 cm³/mol. The zero-order valence-corrected chi connectivity index (χ0v) is 14.3. The lowest BCUT2D eigenvalue weighted by Gasteiger charge is -2.16. The molecule has 0 fully saturated rings. The van der Waals surface area contributed by atoms with Crippen molar-refractivity contribution >= 4 is 0 Å². The summed E-state index contributed by atoms with van der Waals surface area (Å²) in [7, 11) is 0. The molecule has 0 aromatic rings. The number of hydrogen-bond donors (Lipinski definition) is 0. The molecule has 21 heavy (non-hydrogen) atoms. The van der Waals surface area contributed by atoms with Gasteiger partial charge in [0.25, 0.3) is 0 Å². The Kier molecular flexibility index (Phi) is 11.2. The molecule has 0 heterocycles. The van der Waals surface area contributed by atoms with E-state index < -0.39 is 0 Å². The van der Waals surface area contributed by atoms with E-state index in [2.05, 4.69) is 52.0 Å². The molecule has 2 unspecified atom stereocenters. The maximum Gasteiger partial charge on any atom is 0.0955 e. The van der Waals surface area contributed by atoms with Gasteiger partial charge in [-0.15, -0.1) is 0 Å². The Bertz CT molecular complexity index is 394. The molecular weight excluding hydrogens is 256 g/mol. The van der Waals surface area contributed by atoms with E-state index in [9.17, 15) is 0 Å².